The average molecular weight is 483 g/mol. The van der Waals surface area contributed by atoms with E-state index in [1.54, 1.807) is 12.1 Å². The third kappa shape index (κ3) is 4.99. The van der Waals surface area contributed by atoms with Crippen LogP contribution >= 0.6 is 0 Å². The summed E-state index contributed by atoms with van der Waals surface area (Å²) in [5.74, 6) is -0.814. The van der Waals surface area contributed by atoms with Gasteiger partial charge in [0.1, 0.15) is 0 Å². The van der Waals surface area contributed by atoms with Gasteiger partial charge in [-0.05, 0) is 56.0 Å². The molecule has 2 aromatic carbocycles. The molecule has 0 radical (unpaired) electrons. The van der Waals surface area contributed by atoms with Gasteiger partial charge in [0.05, 0.1) is 22.3 Å². The van der Waals surface area contributed by atoms with Crippen LogP contribution in [0, 0.1) is 20.8 Å². The van der Waals surface area contributed by atoms with Crippen molar-refractivity contribution >= 4 is 22.6 Å². The number of fused-ring (bicyclic) bond motifs is 1. The highest BCUT2D eigenvalue weighted by Gasteiger charge is 2.36. The van der Waals surface area contributed by atoms with Gasteiger partial charge in [0.25, 0.3) is 5.91 Å². The van der Waals surface area contributed by atoms with Gasteiger partial charge in [0.2, 0.25) is 5.88 Å². The van der Waals surface area contributed by atoms with E-state index in [9.17, 15) is 18.0 Å². The van der Waals surface area contributed by atoms with Crippen molar-refractivity contribution in [3.8, 4) is 11.6 Å². The molecule has 0 saturated carbocycles. The van der Waals surface area contributed by atoms with Crippen molar-refractivity contribution < 1.29 is 22.7 Å². The van der Waals surface area contributed by atoms with Gasteiger partial charge in [-0.1, -0.05) is 37.3 Å². The summed E-state index contributed by atoms with van der Waals surface area (Å²) in [5.41, 5.74) is 3.32. The zero-order valence-electron chi connectivity index (χ0n) is 19.8. The second-order valence-electron chi connectivity index (χ2n) is 8.33. The zero-order chi connectivity index (χ0) is 25.3. The van der Waals surface area contributed by atoms with Crippen LogP contribution in [-0.2, 0) is 17.4 Å². The number of aryl methyl sites for hydroxylation is 4. The molecule has 0 unspecified atom stereocenters. The monoisotopic (exact) mass is 482 g/mol. The van der Waals surface area contributed by atoms with Gasteiger partial charge in [0.15, 0.2) is 12.3 Å². The van der Waals surface area contributed by atoms with Crippen LogP contribution in [0.5, 0.6) is 5.88 Å². The van der Waals surface area contributed by atoms with Crippen LogP contribution in [0.1, 0.15) is 34.9 Å². The molecule has 182 valence electrons. The Labute approximate surface area is 200 Å². The molecule has 2 heterocycles. The van der Waals surface area contributed by atoms with E-state index in [1.165, 1.54) is 11.6 Å². The molecular formula is C26H25F3N4O2. The fourth-order valence-electron chi connectivity index (χ4n) is 3.94. The van der Waals surface area contributed by atoms with Gasteiger partial charge in [-0.2, -0.15) is 23.3 Å². The van der Waals surface area contributed by atoms with Crippen LogP contribution in [0.2, 0.25) is 0 Å². The first-order chi connectivity index (χ1) is 16.6. The van der Waals surface area contributed by atoms with Crippen LogP contribution in [0.15, 0.2) is 48.5 Å². The SMILES string of the molecule is CCc1ccc(-n2nc(C)c3c(C(F)(F)F)cc(OCC(=O)Nc4c(C)cccc4C)nc32)cc1. The number of nitrogens with one attached hydrogen (secondary N) is 1. The number of carbonyl (C=O) groups is 1. The van der Waals surface area contributed by atoms with Crippen molar-refractivity contribution in [2.24, 2.45) is 0 Å². The normalized spacial score (nSPS) is 11.6. The Morgan fingerprint density at radius 3 is 2.31 bits per heavy atom. The Morgan fingerprint density at radius 2 is 1.71 bits per heavy atom. The smallest absolute Gasteiger partial charge is 0.417 e. The van der Waals surface area contributed by atoms with Crippen LogP contribution < -0.4 is 10.1 Å². The van der Waals surface area contributed by atoms with Gasteiger partial charge >= 0.3 is 6.18 Å². The number of amides is 1. The van der Waals surface area contributed by atoms with Crippen molar-refractivity contribution in [2.75, 3.05) is 11.9 Å². The third-order valence-electron chi connectivity index (χ3n) is 5.78. The highest BCUT2D eigenvalue weighted by atomic mass is 19.4. The molecule has 0 fully saturated rings. The molecule has 0 bridgehead atoms. The summed E-state index contributed by atoms with van der Waals surface area (Å²) in [6.45, 7) is 6.73. The largest absolute Gasteiger partial charge is 0.467 e. The molecule has 0 atom stereocenters. The summed E-state index contributed by atoms with van der Waals surface area (Å²) in [6, 6.07) is 13.7. The number of carbonyl (C=O) groups excluding carboxylic acids is 1. The minimum absolute atomic E-state index is 0.00623. The van der Waals surface area contributed by atoms with Crippen molar-refractivity contribution in [1.29, 1.82) is 0 Å². The van der Waals surface area contributed by atoms with E-state index in [4.69, 9.17) is 4.74 Å². The first-order valence-electron chi connectivity index (χ1n) is 11.1. The van der Waals surface area contributed by atoms with Gasteiger partial charge < -0.3 is 10.1 Å². The first kappa shape index (κ1) is 24.3. The summed E-state index contributed by atoms with van der Waals surface area (Å²) < 4.78 is 48.7. The average Bonchev–Trinajstić information content (AvgIpc) is 3.15. The van der Waals surface area contributed by atoms with Gasteiger partial charge in [-0.25, -0.2) is 4.68 Å². The second kappa shape index (κ2) is 9.40. The molecule has 0 spiro atoms. The van der Waals surface area contributed by atoms with E-state index in [1.807, 2.05) is 51.1 Å². The number of halogens is 3. The second-order valence-corrected chi connectivity index (χ2v) is 8.33. The number of benzene rings is 2. The fourth-order valence-corrected chi connectivity index (χ4v) is 3.94. The summed E-state index contributed by atoms with van der Waals surface area (Å²) in [7, 11) is 0. The van der Waals surface area contributed by atoms with Crippen LogP contribution in [0.4, 0.5) is 18.9 Å². The summed E-state index contributed by atoms with van der Waals surface area (Å²) in [4.78, 5) is 16.8. The number of ether oxygens (including phenoxy) is 1. The standard InChI is InChI=1S/C26H25F3N4O2/c1-5-18-9-11-19(12-10-18)33-25-23(17(4)32-33)20(26(27,28)29)13-22(31-25)35-14-21(34)30-24-15(2)7-6-8-16(24)3/h6-13H,5,14H2,1-4H3,(H,30,34). The molecule has 0 aliphatic carbocycles. The number of pyridine rings is 1. The summed E-state index contributed by atoms with van der Waals surface area (Å²) in [6.07, 6.45) is -3.83. The lowest BCUT2D eigenvalue weighted by atomic mass is 10.1. The molecule has 1 amide bonds. The van der Waals surface area contributed by atoms with Crippen molar-refractivity contribution in [3.05, 3.63) is 76.5 Å². The Bertz CT molecular complexity index is 1370. The number of alkyl halides is 3. The van der Waals surface area contributed by atoms with Crippen LogP contribution in [0.25, 0.3) is 16.7 Å². The Morgan fingerprint density at radius 1 is 1.06 bits per heavy atom. The maximum atomic E-state index is 14.0. The van der Waals surface area contributed by atoms with Gasteiger partial charge in [0, 0.05) is 11.8 Å². The van der Waals surface area contributed by atoms with Gasteiger partial charge in [-0.15, -0.1) is 0 Å². The summed E-state index contributed by atoms with van der Waals surface area (Å²) >= 11 is 0. The molecular weight excluding hydrogens is 457 g/mol. The molecule has 2 aromatic heterocycles. The first-order valence-corrected chi connectivity index (χ1v) is 11.1. The van der Waals surface area contributed by atoms with E-state index >= 15 is 0 Å². The Kier molecular flexibility index (Phi) is 6.51. The lowest BCUT2D eigenvalue weighted by Gasteiger charge is -2.14. The van der Waals surface area contributed by atoms with Crippen molar-refractivity contribution in [1.82, 2.24) is 14.8 Å². The number of aromatic nitrogens is 3. The number of rotatable bonds is 6. The number of hydrogen-bond donors (Lipinski definition) is 1. The van der Waals surface area contributed by atoms with Gasteiger partial charge in [-0.3, -0.25) is 4.79 Å². The molecule has 0 saturated heterocycles. The maximum absolute atomic E-state index is 14.0. The molecule has 0 aliphatic rings. The lowest BCUT2D eigenvalue weighted by molar-refractivity contribution is -0.136. The molecule has 4 rings (SSSR count). The lowest BCUT2D eigenvalue weighted by Crippen LogP contribution is -2.21. The van der Waals surface area contributed by atoms with E-state index in [-0.39, 0.29) is 22.6 Å². The molecule has 1 N–H and O–H groups in total. The molecule has 0 aliphatic heterocycles. The van der Waals surface area contributed by atoms with Crippen LogP contribution in [-0.4, -0.2) is 27.3 Å². The number of para-hydroxylation sites is 1. The molecule has 4 aromatic rings. The molecule has 9 heteroatoms. The third-order valence-corrected chi connectivity index (χ3v) is 5.78. The highest BCUT2D eigenvalue weighted by molar-refractivity contribution is 5.93. The number of hydrogen-bond acceptors (Lipinski definition) is 4. The van der Waals surface area contributed by atoms with Crippen molar-refractivity contribution in [3.63, 3.8) is 0 Å². The van der Waals surface area contributed by atoms with Crippen molar-refractivity contribution in [2.45, 2.75) is 40.3 Å². The topological polar surface area (TPSA) is 69.0 Å². The van der Waals surface area contributed by atoms with E-state index in [0.29, 0.717) is 11.4 Å². The Balaban J connectivity index is 1.69. The highest BCUT2D eigenvalue weighted by Crippen LogP contribution is 2.38. The predicted octanol–water partition coefficient (Wildman–Crippen LogP) is 5.94. The minimum atomic E-state index is -4.66. The zero-order valence-corrected chi connectivity index (χ0v) is 19.8. The van der Waals surface area contributed by atoms with E-state index in [2.05, 4.69) is 15.4 Å². The fraction of sp³-hybridized carbons (Fsp3) is 0.269. The van der Waals surface area contributed by atoms with E-state index in [0.717, 1.165) is 29.2 Å². The maximum Gasteiger partial charge on any atom is 0.417 e. The number of anilines is 1. The minimum Gasteiger partial charge on any atom is -0.467 e. The molecule has 6 nitrogen and oxygen atoms in total. The predicted molar refractivity (Wildman–Crippen MR) is 128 cm³/mol. The van der Waals surface area contributed by atoms with Crippen LogP contribution in [0.3, 0.4) is 0 Å². The number of nitrogens with zero attached hydrogens (tertiary/aromatic N) is 3. The van der Waals surface area contributed by atoms with E-state index < -0.39 is 24.3 Å². The molecule has 35 heavy (non-hydrogen) atoms. The quantitative estimate of drug-likeness (QED) is 0.369. The summed E-state index contributed by atoms with van der Waals surface area (Å²) in [5, 5.41) is 6.96. The Hall–Kier alpha value is -3.88.